The number of ether oxygens (including phenoxy) is 5. The summed E-state index contributed by atoms with van der Waals surface area (Å²) >= 11 is 0. The maximum Gasteiger partial charge on any atom is 0.308 e. The van der Waals surface area contributed by atoms with Crippen LogP contribution in [0, 0.1) is 0 Å². The van der Waals surface area contributed by atoms with Gasteiger partial charge in [-0.1, -0.05) is 72.8 Å². The van der Waals surface area contributed by atoms with Gasteiger partial charge < -0.3 is 43.6 Å². The maximum atomic E-state index is 13.8. The molecule has 0 amide bonds. The molecule has 13 heteroatoms. The van der Waals surface area contributed by atoms with E-state index in [0.29, 0.717) is 25.7 Å². The van der Waals surface area contributed by atoms with E-state index in [1.807, 2.05) is 122 Å². The molecule has 13 nitrogen and oxygen atoms in total. The number of hydrogen-bond donors (Lipinski definition) is 4. The normalized spacial score (nSPS) is 17.7. The summed E-state index contributed by atoms with van der Waals surface area (Å²) < 4.78 is 30.2. The number of benzene rings is 4. The average molecular weight is 835 g/mol. The van der Waals surface area contributed by atoms with E-state index in [4.69, 9.17) is 23.7 Å². The summed E-state index contributed by atoms with van der Waals surface area (Å²) in [4.78, 5) is 67.6. The fourth-order valence-corrected chi connectivity index (χ4v) is 8.35. The van der Waals surface area contributed by atoms with Crippen LogP contribution in [0.3, 0.4) is 0 Å². The summed E-state index contributed by atoms with van der Waals surface area (Å²) in [5.74, 6) is -2.44. The lowest BCUT2D eigenvalue weighted by Gasteiger charge is -2.40. The molecule has 4 aromatic carbocycles. The molecule has 4 atom stereocenters. The molecule has 62 heavy (non-hydrogen) atoms. The molecule has 4 aromatic heterocycles. The van der Waals surface area contributed by atoms with E-state index >= 15 is 0 Å². The van der Waals surface area contributed by atoms with Gasteiger partial charge in [-0.05, 0) is 72.2 Å². The van der Waals surface area contributed by atoms with Gasteiger partial charge in [0, 0.05) is 94.1 Å². The van der Waals surface area contributed by atoms with Crippen molar-refractivity contribution in [3.63, 3.8) is 0 Å². The van der Waals surface area contributed by atoms with Crippen LogP contribution in [0.1, 0.15) is 47.9 Å². The first kappa shape index (κ1) is 40.3. The van der Waals surface area contributed by atoms with Crippen LogP contribution in [0.25, 0.3) is 43.6 Å². The zero-order valence-corrected chi connectivity index (χ0v) is 33.9. The fourth-order valence-electron chi connectivity index (χ4n) is 8.35. The molecular formula is C49H46N4O9. The third kappa shape index (κ3) is 8.98. The molecule has 1 aliphatic rings. The van der Waals surface area contributed by atoms with Gasteiger partial charge in [0.2, 0.25) is 12.4 Å². The number of hydrogen-bond acceptors (Lipinski definition) is 9. The predicted molar refractivity (Wildman–Crippen MR) is 232 cm³/mol. The Morgan fingerprint density at radius 2 is 0.758 bits per heavy atom. The predicted octanol–water partition coefficient (Wildman–Crippen LogP) is 8.08. The number of fused-ring (bicyclic) bond motifs is 4. The summed E-state index contributed by atoms with van der Waals surface area (Å²) in [6, 6.07) is 31.1. The van der Waals surface area contributed by atoms with Crippen molar-refractivity contribution in [2.75, 3.05) is 6.61 Å². The van der Waals surface area contributed by atoms with Crippen LogP contribution < -0.4 is 0 Å². The SMILES string of the molecule is O=C(CCc1c[nH]c2ccccc12)O[C@H]1OC[C@@H](OC(=O)CCc2c[nH]c3ccccc23)[C@H](OC(=O)CCc2c[nH]c3ccccc23)[C@H]1OC(=O)CCc1c[nH]c2ccccc12. The van der Waals surface area contributed by atoms with Gasteiger partial charge in [0.15, 0.2) is 12.2 Å². The standard InChI is InChI=1S/C49H46N4O9/c54-43(21-17-30-25-50-38-13-5-1-9-34(30)38)59-42-29-58-49(62-46(57)24-20-33-28-53-41-16-8-4-12-37(33)41)48(61-45(56)23-19-32-27-52-40-15-7-3-11-36(32)40)47(42)60-44(55)22-18-31-26-51-39-14-6-2-10-35(31)39/h1-16,25-28,42,47-53H,17-24,29H2/t42-,47+,48-,49-/m1/s1. The maximum absolute atomic E-state index is 13.8. The van der Waals surface area contributed by atoms with Gasteiger partial charge in [-0.2, -0.15) is 0 Å². The highest BCUT2D eigenvalue weighted by Gasteiger charge is 2.49. The van der Waals surface area contributed by atoms with E-state index in [-0.39, 0.29) is 32.3 Å². The highest BCUT2D eigenvalue weighted by atomic mass is 16.7. The minimum Gasteiger partial charge on any atom is -0.456 e. The molecule has 8 aromatic rings. The van der Waals surface area contributed by atoms with Crippen molar-refractivity contribution in [1.29, 1.82) is 0 Å². The molecule has 316 valence electrons. The van der Waals surface area contributed by atoms with Gasteiger partial charge in [0.05, 0.1) is 6.61 Å². The summed E-state index contributed by atoms with van der Waals surface area (Å²) in [6.07, 6.45) is 3.33. The second kappa shape index (κ2) is 18.2. The van der Waals surface area contributed by atoms with Gasteiger partial charge in [-0.25, -0.2) is 0 Å². The minimum atomic E-state index is -1.46. The lowest BCUT2D eigenvalue weighted by atomic mass is 10.0. The van der Waals surface area contributed by atoms with Crippen LogP contribution in [0.2, 0.25) is 0 Å². The molecule has 5 heterocycles. The molecule has 0 radical (unpaired) electrons. The first-order valence-corrected chi connectivity index (χ1v) is 21.0. The zero-order valence-electron chi connectivity index (χ0n) is 33.9. The van der Waals surface area contributed by atoms with E-state index in [0.717, 1.165) is 65.9 Å². The van der Waals surface area contributed by atoms with E-state index in [2.05, 4.69) is 19.9 Å². The van der Waals surface area contributed by atoms with E-state index in [1.54, 1.807) is 0 Å². The molecule has 0 aliphatic carbocycles. The van der Waals surface area contributed by atoms with Crippen molar-refractivity contribution in [2.45, 2.75) is 76.0 Å². The second-order valence-corrected chi connectivity index (χ2v) is 15.6. The Morgan fingerprint density at radius 1 is 0.435 bits per heavy atom. The van der Waals surface area contributed by atoms with E-state index in [9.17, 15) is 19.2 Å². The first-order valence-electron chi connectivity index (χ1n) is 21.0. The third-order valence-corrected chi connectivity index (χ3v) is 11.5. The van der Waals surface area contributed by atoms with Crippen molar-refractivity contribution < 1.29 is 42.9 Å². The summed E-state index contributed by atoms with van der Waals surface area (Å²) in [6.45, 7) is -0.289. The highest BCUT2D eigenvalue weighted by molar-refractivity contribution is 5.86. The Morgan fingerprint density at radius 3 is 1.15 bits per heavy atom. The number of esters is 4. The molecule has 0 unspecified atom stereocenters. The van der Waals surface area contributed by atoms with Gasteiger partial charge in [-0.15, -0.1) is 0 Å². The first-order chi connectivity index (χ1) is 30.4. The molecule has 0 bridgehead atoms. The number of carbonyl (C=O) groups is 4. The van der Waals surface area contributed by atoms with Gasteiger partial charge in [-0.3, -0.25) is 19.2 Å². The Kier molecular flexibility index (Phi) is 11.9. The number of para-hydroxylation sites is 4. The molecule has 0 spiro atoms. The Balaban J connectivity index is 0.946. The topological polar surface area (TPSA) is 178 Å². The zero-order chi connectivity index (χ0) is 42.4. The summed E-state index contributed by atoms with van der Waals surface area (Å²) in [5, 5.41) is 3.95. The van der Waals surface area contributed by atoms with Crippen LogP contribution in [0.4, 0.5) is 0 Å². The summed E-state index contributed by atoms with van der Waals surface area (Å²) in [5.41, 5.74) is 7.49. The number of H-pyrrole nitrogens is 4. The Bertz CT molecular complexity index is 2670. The second-order valence-electron chi connectivity index (χ2n) is 15.6. The van der Waals surface area contributed by atoms with Crippen LogP contribution in [0.15, 0.2) is 122 Å². The van der Waals surface area contributed by atoms with Crippen LogP contribution >= 0.6 is 0 Å². The monoisotopic (exact) mass is 834 g/mol. The van der Waals surface area contributed by atoms with Crippen LogP contribution in [-0.2, 0) is 68.5 Å². The van der Waals surface area contributed by atoms with E-state index < -0.39 is 48.5 Å². The Hall–Kier alpha value is -7.12. The number of aromatic amines is 4. The van der Waals surface area contributed by atoms with E-state index in [1.165, 1.54) is 0 Å². The van der Waals surface area contributed by atoms with Crippen molar-refractivity contribution in [1.82, 2.24) is 19.9 Å². The summed E-state index contributed by atoms with van der Waals surface area (Å²) in [7, 11) is 0. The molecule has 1 aliphatic heterocycles. The number of rotatable bonds is 16. The molecule has 1 fully saturated rings. The number of aryl methyl sites for hydroxylation is 4. The van der Waals surface area contributed by atoms with Crippen LogP contribution in [0.5, 0.6) is 0 Å². The molecule has 1 saturated heterocycles. The lowest BCUT2D eigenvalue weighted by molar-refractivity contribution is -0.275. The lowest BCUT2D eigenvalue weighted by Crippen LogP contribution is -2.58. The van der Waals surface area contributed by atoms with Crippen molar-refractivity contribution in [3.8, 4) is 0 Å². The average Bonchev–Trinajstić information content (AvgIpc) is 4.10. The van der Waals surface area contributed by atoms with Gasteiger partial charge >= 0.3 is 23.9 Å². The quantitative estimate of drug-likeness (QED) is 0.0554. The third-order valence-electron chi connectivity index (χ3n) is 11.5. The fraction of sp³-hybridized carbons (Fsp3) is 0.265. The van der Waals surface area contributed by atoms with Crippen molar-refractivity contribution in [3.05, 3.63) is 144 Å². The molecule has 9 rings (SSSR count). The molecule has 0 saturated carbocycles. The molecular weight excluding hydrogens is 789 g/mol. The van der Waals surface area contributed by atoms with Crippen molar-refractivity contribution in [2.24, 2.45) is 0 Å². The van der Waals surface area contributed by atoms with Crippen molar-refractivity contribution >= 4 is 67.5 Å². The minimum absolute atomic E-state index is 0.00966. The molecule has 4 N–H and O–H groups in total. The van der Waals surface area contributed by atoms with Gasteiger partial charge in [0.25, 0.3) is 0 Å². The number of nitrogens with one attached hydrogen (secondary N) is 4. The van der Waals surface area contributed by atoms with Crippen LogP contribution in [-0.4, -0.2) is 75.0 Å². The Labute approximate surface area is 356 Å². The largest absolute Gasteiger partial charge is 0.456 e. The number of aromatic nitrogens is 4. The smallest absolute Gasteiger partial charge is 0.308 e. The highest BCUT2D eigenvalue weighted by Crippen LogP contribution is 2.29. The number of carbonyl (C=O) groups excluding carboxylic acids is 4. The van der Waals surface area contributed by atoms with Gasteiger partial charge in [0.1, 0.15) is 0 Å².